The maximum absolute atomic E-state index is 11.9. The van der Waals surface area contributed by atoms with E-state index >= 15 is 0 Å². The van der Waals surface area contributed by atoms with Gasteiger partial charge in [0, 0.05) is 4.47 Å². The molecule has 2 aromatic rings. The summed E-state index contributed by atoms with van der Waals surface area (Å²) in [6, 6.07) is 17.3. The Morgan fingerprint density at radius 2 is 1.85 bits per heavy atom. The van der Waals surface area contributed by atoms with Gasteiger partial charge in [-0.1, -0.05) is 65.3 Å². The van der Waals surface area contributed by atoms with Gasteiger partial charge in [-0.2, -0.15) is 0 Å². The summed E-state index contributed by atoms with van der Waals surface area (Å²) in [6.07, 6.45) is 1.04. The lowest BCUT2D eigenvalue weighted by molar-refractivity contribution is -0.144. The van der Waals surface area contributed by atoms with Gasteiger partial charge in [0.15, 0.2) is 0 Å². The van der Waals surface area contributed by atoms with Gasteiger partial charge in [0.05, 0.1) is 5.41 Å². The molecule has 2 aromatic carbocycles. The molecule has 2 rings (SSSR count). The van der Waals surface area contributed by atoms with Crippen molar-refractivity contribution in [2.24, 2.45) is 0 Å². The Labute approximate surface area is 127 Å². The Bertz CT molecular complexity index is 595. The summed E-state index contributed by atoms with van der Waals surface area (Å²) in [4.78, 5) is 11.9. The van der Waals surface area contributed by atoms with Crippen LogP contribution in [0.5, 0.6) is 0 Å². The number of carboxylic acid groups (broad SMARTS) is 1. The topological polar surface area (TPSA) is 37.3 Å². The quantitative estimate of drug-likeness (QED) is 0.879. The van der Waals surface area contributed by atoms with E-state index in [1.54, 1.807) is 0 Å². The number of halogens is 1. The normalized spacial score (nSPS) is 13.7. The third-order valence-corrected chi connectivity index (χ3v) is 4.23. The first-order valence-electron chi connectivity index (χ1n) is 6.62. The second-order valence-electron chi connectivity index (χ2n) is 4.91. The zero-order chi connectivity index (χ0) is 14.6. The predicted octanol–water partition coefficient (Wildman–Crippen LogP) is 4.42. The zero-order valence-electron chi connectivity index (χ0n) is 11.3. The van der Waals surface area contributed by atoms with E-state index in [2.05, 4.69) is 15.9 Å². The third-order valence-electron chi connectivity index (χ3n) is 3.73. The van der Waals surface area contributed by atoms with Crippen molar-refractivity contribution < 1.29 is 9.90 Å². The number of hydrogen-bond acceptors (Lipinski definition) is 1. The Balaban J connectivity index is 2.45. The largest absolute Gasteiger partial charge is 0.481 e. The van der Waals surface area contributed by atoms with Crippen LogP contribution < -0.4 is 0 Å². The van der Waals surface area contributed by atoms with Crippen LogP contribution in [0.4, 0.5) is 0 Å². The van der Waals surface area contributed by atoms with Crippen LogP contribution in [0.3, 0.4) is 0 Å². The number of aliphatic carboxylic acids is 1. The van der Waals surface area contributed by atoms with Crippen molar-refractivity contribution in [3.8, 4) is 0 Å². The number of rotatable bonds is 5. The van der Waals surface area contributed by atoms with Gasteiger partial charge in [0.2, 0.25) is 0 Å². The summed E-state index contributed by atoms with van der Waals surface area (Å²) in [6.45, 7) is 1.93. The first kappa shape index (κ1) is 14.8. The average Bonchev–Trinajstić information content (AvgIpc) is 2.45. The van der Waals surface area contributed by atoms with E-state index in [0.29, 0.717) is 12.8 Å². The van der Waals surface area contributed by atoms with Crippen LogP contribution in [-0.4, -0.2) is 11.1 Å². The minimum atomic E-state index is -0.873. The summed E-state index contributed by atoms with van der Waals surface area (Å²) < 4.78 is 0.971. The molecule has 0 saturated carbocycles. The predicted molar refractivity (Wildman–Crippen MR) is 83.9 cm³/mol. The maximum atomic E-state index is 11.9. The van der Waals surface area contributed by atoms with Gasteiger partial charge < -0.3 is 5.11 Å². The molecule has 1 atom stereocenters. The molecule has 104 valence electrons. The van der Waals surface area contributed by atoms with Crippen LogP contribution in [0.1, 0.15) is 24.5 Å². The summed E-state index contributed by atoms with van der Waals surface area (Å²) in [5, 5.41) is 9.80. The molecule has 0 aliphatic carbocycles. The van der Waals surface area contributed by atoms with Gasteiger partial charge in [-0.25, -0.2) is 0 Å². The third kappa shape index (κ3) is 2.93. The zero-order valence-corrected chi connectivity index (χ0v) is 12.9. The fourth-order valence-electron chi connectivity index (χ4n) is 2.53. The molecule has 3 heteroatoms. The SMILES string of the molecule is CCC(Cc1cccc(Br)c1)(C(=O)O)c1ccccc1. The average molecular weight is 333 g/mol. The highest BCUT2D eigenvalue weighted by Crippen LogP contribution is 2.33. The number of hydrogen-bond donors (Lipinski definition) is 1. The summed E-state index contributed by atoms with van der Waals surface area (Å²) in [5.74, 6) is -0.772. The Morgan fingerprint density at radius 3 is 2.40 bits per heavy atom. The van der Waals surface area contributed by atoms with E-state index in [4.69, 9.17) is 0 Å². The van der Waals surface area contributed by atoms with Crippen LogP contribution >= 0.6 is 15.9 Å². The second kappa shape index (κ2) is 6.23. The molecule has 0 aliphatic rings. The number of carboxylic acids is 1. The Kier molecular flexibility index (Phi) is 4.61. The van der Waals surface area contributed by atoms with Gasteiger partial charge in [-0.05, 0) is 36.1 Å². The molecule has 20 heavy (non-hydrogen) atoms. The van der Waals surface area contributed by atoms with Gasteiger partial charge in [0.1, 0.15) is 0 Å². The number of carbonyl (C=O) groups is 1. The van der Waals surface area contributed by atoms with Crippen molar-refractivity contribution in [3.63, 3.8) is 0 Å². The first-order valence-corrected chi connectivity index (χ1v) is 7.41. The fourth-order valence-corrected chi connectivity index (χ4v) is 2.98. The van der Waals surface area contributed by atoms with Gasteiger partial charge in [-0.15, -0.1) is 0 Å². The van der Waals surface area contributed by atoms with Crippen molar-refractivity contribution in [1.82, 2.24) is 0 Å². The standard InChI is InChI=1S/C17H17BrO2/c1-2-17(16(19)20,14-8-4-3-5-9-14)12-13-7-6-10-15(18)11-13/h3-11H,2,12H2,1H3,(H,19,20). The van der Waals surface area contributed by atoms with Crippen molar-refractivity contribution >= 4 is 21.9 Å². The highest BCUT2D eigenvalue weighted by atomic mass is 79.9. The molecular weight excluding hydrogens is 316 g/mol. The molecule has 0 amide bonds. The Morgan fingerprint density at radius 1 is 1.15 bits per heavy atom. The van der Waals surface area contributed by atoms with Crippen molar-refractivity contribution in [3.05, 3.63) is 70.2 Å². The summed E-state index contributed by atoms with van der Waals surface area (Å²) in [7, 11) is 0. The molecule has 0 aromatic heterocycles. The monoisotopic (exact) mass is 332 g/mol. The van der Waals surface area contributed by atoms with Gasteiger partial charge >= 0.3 is 5.97 Å². The van der Waals surface area contributed by atoms with Crippen molar-refractivity contribution in [2.75, 3.05) is 0 Å². The van der Waals surface area contributed by atoms with Crippen molar-refractivity contribution in [1.29, 1.82) is 0 Å². The minimum Gasteiger partial charge on any atom is -0.481 e. The molecule has 0 bridgehead atoms. The highest BCUT2D eigenvalue weighted by molar-refractivity contribution is 9.10. The molecule has 0 spiro atoms. The first-order chi connectivity index (χ1) is 9.58. The van der Waals surface area contributed by atoms with Crippen LogP contribution in [0, 0.1) is 0 Å². The lowest BCUT2D eigenvalue weighted by Gasteiger charge is -2.29. The Hall–Kier alpha value is -1.61. The summed E-state index contributed by atoms with van der Waals surface area (Å²) in [5.41, 5.74) is 1.00. The molecule has 0 fully saturated rings. The van der Waals surface area contributed by atoms with E-state index < -0.39 is 11.4 Å². The lowest BCUT2D eigenvalue weighted by Crippen LogP contribution is -2.37. The summed E-state index contributed by atoms with van der Waals surface area (Å²) >= 11 is 3.44. The van der Waals surface area contributed by atoms with E-state index in [1.807, 2.05) is 61.5 Å². The molecule has 2 nitrogen and oxygen atoms in total. The molecule has 0 radical (unpaired) electrons. The smallest absolute Gasteiger partial charge is 0.314 e. The maximum Gasteiger partial charge on any atom is 0.314 e. The lowest BCUT2D eigenvalue weighted by atomic mass is 9.73. The second-order valence-corrected chi connectivity index (χ2v) is 5.83. The van der Waals surface area contributed by atoms with Crippen LogP contribution in [0.25, 0.3) is 0 Å². The molecular formula is C17H17BrO2. The van der Waals surface area contributed by atoms with E-state index in [0.717, 1.165) is 15.6 Å². The highest BCUT2D eigenvalue weighted by Gasteiger charge is 2.38. The molecule has 0 saturated heterocycles. The van der Waals surface area contributed by atoms with Gasteiger partial charge in [0.25, 0.3) is 0 Å². The van der Waals surface area contributed by atoms with E-state index in [1.165, 1.54) is 0 Å². The van der Waals surface area contributed by atoms with Crippen LogP contribution in [0.2, 0.25) is 0 Å². The van der Waals surface area contributed by atoms with Crippen molar-refractivity contribution in [2.45, 2.75) is 25.2 Å². The van der Waals surface area contributed by atoms with Crippen LogP contribution in [0.15, 0.2) is 59.1 Å². The van der Waals surface area contributed by atoms with Crippen LogP contribution in [-0.2, 0) is 16.6 Å². The fraction of sp³-hybridized carbons (Fsp3) is 0.235. The molecule has 1 unspecified atom stereocenters. The number of benzene rings is 2. The minimum absolute atomic E-state index is 0.488. The van der Waals surface area contributed by atoms with E-state index in [-0.39, 0.29) is 0 Å². The molecule has 0 heterocycles. The molecule has 1 N–H and O–H groups in total. The van der Waals surface area contributed by atoms with Gasteiger partial charge in [-0.3, -0.25) is 4.79 Å². The molecule has 0 aliphatic heterocycles. The van der Waals surface area contributed by atoms with E-state index in [9.17, 15) is 9.90 Å².